The summed E-state index contributed by atoms with van der Waals surface area (Å²) in [6.07, 6.45) is 8.08. The minimum Gasteiger partial charge on any atom is -0.370 e. The number of thiophene rings is 1. The van der Waals surface area contributed by atoms with Gasteiger partial charge < -0.3 is 19.9 Å². The molecule has 1 aliphatic heterocycles. The van der Waals surface area contributed by atoms with E-state index in [4.69, 9.17) is 4.79 Å². The summed E-state index contributed by atoms with van der Waals surface area (Å²) in [6, 6.07) is 10.8. The van der Waals surface area contributed by atoms with Crippen molar-refractivity contribution in [2.24, 2.45) is 16.3 Å². The summed E-state index contributed by atoms with van der Waals surface area (Å²) in [7, 11) is 2.21. The number of anilines is 2. The maximum atomic E-state index is 8.00. The van der Waals surface area contributed by atoms with Crippen molar-refractivity contribution in [3.05, 3.63) is 40.1 Å². The van der Waals surface area contributed by atoms with Crippen LogP contribution in [0.3, 0.4) is 0 Å². The lowest BCUT2D eigenvalue weighted by atomic mass is 9.81. The third-order valence-electron chi connectivity index (χ3n) is 7.00. The number of rotatable bonds is 7. The lowest BCUT2D eigenvalue weighted by molar-refractivity contribution is -0.0979. The van der Waals surface area contributed by atoms with Gasteiger partial charge in [0.1, 0.15) is 6.79 Å². The summed E-state index contributed by atoms with van der Waals surface area (Å²) in [4.78, 5) is 19.9. The molecule has 2 aromatic rings. The number of aliphatic imine (C=N–C) groups is 1. The Balaban J connectivity index is 0.00000167. The Hall–Kier alpha value is -2.62. The van der Waals surface area contributed by atoms with Crippen molar-refractivity contribution < 1.29 is 4.79 Å². The van der Waals surface area contributed by atoms with Gasteiger partial charge in [-0.3, -0.25) is 0 Å². The number of carbonyl (C=O) groups is 1. The normalized spacial score (nSPS) is 18.1. The molecule has 0 bridgehead atoms. The van der Waals surface area contributed by atoms with E-state index in [1.807, 2.05) is 6.79 Å². The second-order valence-electron chi connectivity index (χ2n) is 9.84. The van der Waals surface area contributed by atoms with Gasteiger partial charge in [0.05, 0.1) is 16.9 Å². The predicted molar refractivity (Wildman–Crippen MR) is 151 cm³/mol. The molecule has 1 saturated carbocycles. The van der Waals surface area contributed by atoms with Crippen molar-refractivity contribution in [2.75, 3.05) is 43.4 Å². The standard InChI is InChI=1S/C28H38N4S.CH2O/c1-5-14-28(3,23-7-8-23)15-13-26-20-27(22(2)33-26)30-21-29-24-9-11-25(12-10-24)32-17-6-16-31(4)18-19-32;1-2/h9-12,20-21,23H,5-8,14,16-19H2,1-4H3,(H,29,30);1H2. The molecule has 1 atom stereocenters. The van der Waals surface area contributed by atoms with Gasteiger partial charge in [-0.1, -0.05) is 25.2 Å². The second kappa shape index (κ2) is 12.9. The average molecular weight is 493 g/mol. The molecule has 2 aliphatic rings. The lowest BCUT2D eigenvalue weighted by Crippen LogP contribution is -2.28. The number of carbonyl (C=O) groups excluding carboxylic acids is 1. The zero-order valence-electron chi connectivity index (χ0n) is 21.8. The van der Waals surface area contributed by atoms with E-state index in [1.165, 1.54) is 49.2 Å². The van der Waals surface area contributed by atoms with E-state index in [0.29, 0.717) is 0 Å². The molecule has 2 fully saturated rings. The van der Waals surface area contributed by atoms with Crippen molar-refractivity contribution in [1.82, 2.24) is 4.90 Å². The Morgan fingerprint density at radius 2 is 1.94 bits per heavy atom. The van der Waals surface area contributed by atoms with Crippen LogP contribution in [0.5, 0.6) is 0 Å². The van der Waals surface area contributed by atoms with Crippen LogP contribution in [0.2, 0.25) is 0 Å². The van der Waals surface area contributed by atoms with E-state index in [1.54, 1.807) is 17.7 Å². The van der Waals surface area contributed by atoms with Crippen LogP contribution in [0.15, 0.2) is 35.3 Å². The minimum absolute atomic E-state index is 0.174. The van der Waals surface area contributed by atoms with E-state index in [-0.39, 0.29) is 5.41 Å². The molecule has 0 amide bonds. The predicted octanol–water partition coefficient (Wildman–Crippen LogP) is 6.35. The molecule has 35 heavy (non-hydrogen) atoms. The topological polar surface area (TPSA) is 47.9 Å². The maximum absolute atomic E-state index is 8.00. The summed E-state index contributed by atoms with van der Waals surface area (Å²) < 4.78 is 0. The Bertz CT molecular complexity index is 1030. The van der Waals surface area contributed by atoms with Crippen molar-refractivity contribution >= 4 is 41.5 Å². The Morgan fingerprint density at radius 1 is 1.20 bits per heavy atom. The second-order valence-corrected chi connectivity index (χ2v) is 11.1. The van der Waals surface area contributed by atoms with Crippen LogP contribution >= 0.6 is 11.3 Å². The monoisotopic (exact) mass is 492 g/mol. The number of nitrogens with zero attached hydrogens (tertiary/aromatic N) is 3. The summed E-state index contributed by atoms with van der Waals surface area (Å²) in [6.45, 7) is 13.3. The molecule has 1 N–H and O–H groups in total. The van der Waals surface area contributed by atoms with Gasteiger partial charge in [0.15, 0.2) is 0 Å². The van der Waals surface area contributed by atoms with E-state index in [2.05, 4.69) is 90.1 Å². The molecule has 2 heterocycles. The third-order valence-corrected chi connectivity index (χ3v) is 7.95. The molecule has 0 radical (unpaired) electrons. The minimum atomic E-state index is 0.174. The number of benzene rings is 1. The first-order valence-corrected chi connectivity index (χ1v) is 13.5. The molecule has 1 unspecified atom stereocenters. The smallest absolute Gasteiger partial charge is 0.106 e. The molecule has 5 nitrogen and oxygen atoms in total. The zero-order chi connectivity index (χ0) is 25.3. The summed E-state index contributed by atoms with van der Waals surface area (Å²) in [5.41, 5.74) is 3.53. The van der Waals surface area contributed by atoms with Crippen LogP contribution < -0.4 is 10.2 Å². The fourth-order valence-corrected chi connectivity index (χ4v) is 5.54. The summed E-state index contributed by atoms with van der Waals surface area (Å²) >= 11 is 1.75. The van der Waals surface area contributed by atoms with Gasteiger partial charge in [-0.05, 0) is 89.4 Å². The van der Waals surface area contributed by atoms with Crippen LogP contribution in [-0.2, 0) is 4.79 Å². The molecule has 4 rings (SSSR count). The van der Waals surface area contributed by atoms with Crippen LogP contribution in [-0.4, -0.2) is 51.3 Å². The highest BCUT2D eigenvalue weighted by Gasteiger charge is 2.39. The van der Waals surface area contributed by atoms with Gasteiger partial charge in [0.2, 0.25) is 0 Å². The zero-order valence-corrected chi connectivity index (χ0v) is 22.6. The van der Waals surface area contributed by atoms with Crippen molar-refractivity contribution in [1.29, 1.82) is 0 Å². The molecule has 1 saturated heterocycles. The van der Waals surface area contributed by atoms with Crippen LogP contribution in [0.25, 0.3) is 0 Å². The van der Waals surface area contributed by atoms with Gasteiger partial charge >= 0.3 is 0 Å². The van der Waals surface area contributed by atoms with Gasteiger partial charge in [-0.2, -0.15) is 0 Å². The first kappa shape index (κ1) is 27.0. The number of aryl methyl sites for hydroxylation is 1. The molecular weight excluding hydrogens is 452 g/mol. The number of hydrogen-bond acceptors (Lipinski definition) is 5. The highest BCUT2D eigenvalue weighted by atomic mass is 32.1. The Labute approximate surface area is 215 Å². The van der Waals surface area contributed by atoms with Crippen molar-refractivity contribution in [2.45, 2.75) is 52.9 Å². The highest BCUT2D eigenvalue weighted by Crippen LogP contribution is 2.48. The van der Waals surface area contributed by atoms with E-state index in [0.717, 1.165) is 41.8 Å². The first-order valence-electron chi connectivity index (χ1n) is 12.7. The van der Waals surface area contributed by atoms with E-state index < -0.39 is 0 Å². The van der Waals surface area contributed by atoms with Crippen LogP contribution in [0.4, 0.5) is 17.1 Å². The van der Waals surface area contributed by atoms with Gasteiger partial charge in [-0.25, -0.2) is 4.99 Å². The average Bonchev–Trinajstić information content (AvgIpc) is 3.69. The SMILES string of the molecule is C=O.CCCC(C)(C#Cc1cc(N=CNc2ccc(N3CCCN(C)CC3)cc2)c(C)s1)C1CC1. The molecule has 1 aliphatic carbocycles. The van der Waals surface area contributed by atoms with Gasteiger partial charge in [-0.15, -0.1) is 11.3 Å². The Morgan fingerprint density at radius 3 is 2.63 bits per heavy atom. The number of likely N-dealkylation sites (N-methyl/N-ethyl adjacent to an activating group) is 1. The van der Waals surface area contributed by atoms with E-state index in [9.17, 15) is 0 Å². The van der Waals surface area contributed by atoms with Crippen LogP contribution in [0.1, 0.15) is 55.7 Å². The fourth-order valence-electron chi connectivity index (χ4n) is 4.72. The molecule has 6 heteroatoms. The number of nitrogens with one attached hydrogen (secondary N) is 1. The van der Waals surface area contributed by atoms with Crippen LogP contribution in [0, 0.1) is 30.1 Å². The largest absolute Gasteiger partial charge is 0.370 e. The number of hydrogen-bond donors (Lipinski definition) is 1. The van der Waals surface area contributed by atoms with Gasteiger partial charge in [0, 0.05) is 41.3 Å². The fraction of sp³-hybridized carbons (Fsp3) is 0.517. The van der Waals surface area contributed by atoms with Crippen molar-refractivity contribution in [3.63, 3.8) is 0 Å². The maximum Gasteiger partial charge on any atom is 0.106 e. The van der Waals surface area contributed by atoms with E-state index >= 15 is 0 Å². The lowest BCUT2D eigenvalue weighted by Gasteiger charge is -2.23. The summed E-state index contributed by atoms with van der Waals surface area (Å²) in [5.74, 6) is 7.89. The Kier molecular flexibility index (Phi) is 9.94. The molecule has 0 spiro atoms. The molecular formula is C29H40N4OS. The van der Waals surface area contributed by atoms with Crippen molar-refractivity contribution in [3.8, 4) is 11.8 Å². The molecule has 1 aromatic carbocycles. The highest BCUT2D eigenvalue weighted by molar-refractivity contribution is 7.13. The molecule has 1 aromatic heterocycles. The third kappa shape index (κ3) is 7.68. The summed E-state index contributed by atoms with van der Waals surface area (Å²) in [5, 5.41) is 3.33. The quantitative estimate of drug-likeness (QED) is 0.278. The first-order chi connectivity index (χ1) is 17.0. The molecule has 188 valence electrons. The van der Waals surface area contributed by atoms with Gasteiger partial charge in [0.25, 0.3) is 0 Å².